The van der Waals surface area contributed by atoms with Crippen LogP contribution in [-0.4, -0.2) is 35.4 Å². The monoisotopic (exact) mass is 437 g/mol. The summed E-state index contributed by atoms with van der Waals surface area (Å²) >= 11 is 0. The van der Waals surface area contributed by atoms with Crippen LogP contribution >= 0.6 is 0 Å². The number of carboxylic acids is 1. The minimum absolute atomic E-state index is 0.189. The van der Waals surface area contributed by atoms with Crippen molar-refractivity contribution in [1.29, 1.82) is 0 Å². The highest BCUT2D eigenvalue weighted by molar-refractivity contribution is 5.99. The quantitative estimate of drug-likeness (QED) is 0.414. The van der Waals surface area contributed by atoms with E-state index < -0.39 is 5.97 Å². The predicted octanol–water partition coefficient (Wildman–Crippen LogP) is 5.49. The molecule has 1 aromatic heterocycles. The molecule has 0 spiro atoms. The van der Waals surface area contributed by atoms with Gasteiger partial charge < -0.3 is 19.6 Å². The summed E-state index contributed by atoms with van der Waals surface area (Å²) in [6.45, 7) is 1.48. The first-order valence-electron chi connectivity index (χ1n) is 11.0. The maximum Gasteiger partial charge on any atom is 0.336 e. The van der Waals surface area contributed by atoms with Crippen LogP contribution in [0.2, 0.25) is 0 Å². The summed E-state index contributed by atoms with van der Waals surface area (Å²) in [6, 6.07) is 20.8. The molecule has 1 saturated heterocycles. The number of H-pyrrole nitrogens is 1. The number of aromatic amines is 1. The number of rotatable bonds is 4. The van der Waals surface area contributed by atoms with E-state index in [4.69, 9.17) is 9.47 Å². The summed E-state index contributed by atoms with van der Waals surface area (Å²) in [6.07, 6.45) is 3.86. The number of benzene rings is 3. The predicted molar refractivity (Wildman–Crippen MR) is 128 cm³/mol. The van der Waals surface area contributed by atoms with Crippen molar-refractivity contribution < 1.29 is 19.4 Å². The molecular formula is C28H23NO4. The van der Waals surface area contributed by atoms with Crippen molar-refractivity contribution in [2.75, 3.05) is 13.2 Å². The molecule has 3 aromatic carbocycles. The van der Waals surface area contributed by atoms with Gasteiger partial charge in [0.1, 0.15) is 11.9 Å². The van der Waals surface area contributed by atoms with Gasteiger partial charge in [-0.1, -0.05) is 30.0 Å². The summed E-state index contributed by atoms with van der Waals surface area (Å²) in [5.74, 6) is 6.20. The van der Waals surface area contributed by atoms with Crippen LogP contribution in [0, 0.1) is 11.8 Å². The van der Waals surface area contributed by atoms with Gasteiger partial charge in [-0.2, -0.15) is 0 Å². The van der Waals surface area contributed by atoms with E-state index in [2.05, 4.69) is 16.8 Å². The van der Waals surface area contributed by atoms with Crippen molar-refractivity contribution in [2.45, 2.75) is 18.9 Å². The highest BCUT2D eigenvalue weighted by Gasteiger charge is 2.16. The van der Waals surface area contributed by atoms with E-state index in [9.17, 15) is 9.90 Å². The lowest BCUT2D eigenvalue weighted by atomic mass is 9.93. The van der Waals surface area contributed by atoms with Crippen LogP contribution in [0.4, 0.5) is 0 Å². The Morgan fingerprint density at radius 2 is 1.82 bits per heavy atom. The molecule has 1 fully saturated rings. The molecule has 2 N–H and O–H groups in total. The molecule has 2 heterocycles. The zero-order valence-electron chi connectivity index (χ0n) is 18.0. The van der Waals surface area contributed by atoms with Gasteiger partial charge in [-0.05, 0) is 59.5 Å². The Hall–Kier alpha value is -4.01. The molecule has 4 aromatic rings. The largest absolute Gasteiger partial charge is 0.490 e. The highest BCUT2D eigenvalue weighted by Crippen LogP contribution is 2.30. The average molecular weight is 437 g/mol. The van der Waals surface area contributed by atoms with Crippen molar-refractivity contribution in [3.05, 3.63) is 89.6 Å². The van der Waals surface area contributed by atoms with Crippen LogP contribution in [0.1, 0.15) is 34.3 Å². The van der Waals surface area contributed by atoms with Crippen LogP contribution in [0.5, 0.6) is 5.75 Å². The fourth-order valence-corrected chi connectivity index (χ4v) is 4.09. The van der Waals surface area contributed by atoms with Crippen molar-refractivity contribution >= 4 is 16.9 Å². The molecule has 0 radical (unpaired) electrons. The van der Waals surface area contributed by atoms with Crippen LogP contribution in [0.15, 0.2) is 72.9 Å². The molecule has 0 aliphatic carbocycles. The lowest BCUT2D eigenvalue weighted by molar-refractivity contribution is 0.0255. The molecule has 0 saturated carbocycles. The molecule has 5 nitrogen and oxygen atoms in total. The van der Waals surface area contributed by atoms with Crippen molar-refractivity contribution in [3.63, 3.8) is 0 Å². The third-order valence-electron chi connectivity index (χ3n) is 5.81. The molecule has 1 aliphatic rings. The number of carbonyl (C=O) groups is 1. The van der Waals surface area contributed by atoms with Crippen molar-refractivity contribution in [2.24, 2.45) is 0 Å². The summed E-state index contributed by atoms with van der Waals surface area (Å²) in [5.41, 5.74) is 4.12. The number of aromatic nitrogens is 1. The average Bonchev–Trinajstić information content (AvgIpc) is 3.32. The van der Waals surface area contributed by atoms with E-state index in [1.165, 1.54) is 0 Å². The lowest BCUT2D eigenvalue weighted by Crippen LogP contribution is -2.25. The normalized spacial score (nSPS) is 13.9. The van der Waals surface area contributed by atoms with E-state index in [0.29, 0.717) is 11.1 Å². The second-order valence-corrected chi connectivity index (χ2v) is 8.02. The summed E-state index contributed by atoms with van der Waals surface area (Å²) in [4.78, 5) is 15.1. The van der Waals surface area contributed by atoms with Gasteiger partial charge in [0, 0.05) is 41.2 Å². The van der Waals surface area contributed by atoms with E-state index in [1.54, 1.807) is 12.1 Å². The molecule has 5 heteroatoms. The summed E-state index contributed by atoms with van der Waals surface area (Å²) in [7, 11) is 0. The summed E-state index contributed by atoms with van der Waals surface area (Å²) < 4.78 is 11.4. The molecule has 5 rings (SSSR count). The Bertz CT molecular complexity index is 1350. The van der Waals surface area contributed by atoms with E-state index in [0.717, 1.165) is 53.8 Å². The third kappa shape index (κ3) is 4.62. The molecular weight excluding hydrogens is 414 g/mol. The van der Waals surface area contributed by atoms with Crippen molar-refractivity contribution in [3.8, 4) is 28.7 Å². The highest BCUT2D eigenvalue weighted by atomic mass is 16.5. The maximum absolute atomic E-state index is 12.0. The third-order valence-corrected chi connectivity index (χ3v) is 5.81. The molecule has 0 amide bonds. The molecule has 0 bridgehead atoms. The Labute approximate surface area is 192 Å². The van der Waals surface area contributed by atoms with Crippen LogP contribution in [-0.2, 0) is 4.74 Å². The number of ether oxygens (including phenoxy) is 2. The number of nitrogens with one attached hydrogen (secondary N) is 1. The van der Waals surface area contributed by atoms with Gasteiger partial charge in [-0.3, -0.25) is 0 Å². The first kappa shape index (κ1) is 20.9. The van der Waals surface area contributed by atoms with Gasteiger partial charge in [0.05, 0.1) is 18.8 Å². The van der Waals surface area contributed by atoms with Gasteiger partial charge in [0.25, 0.3) is 0 Å². The topological polar surface area (TPSA) is 71.6 Å². The van der Waals surface area contributed by atoms with Gasteiger partial charge in [-0.15, -0.1) is 0 Å². The standard InChI is InChI=1S/C28H23NO4/c30-28(31)25-3-1-2-21(27(25)22-9-8-20-12-15-29-26(20)18-22)7-4-19-5-10-23(11-6-19)33-24-13-16-32-17-14-24/h1-3,5-6,8-12,15,18,24,29H,13-14,16-17H2,(H,30,31). The number of hydrogen-bond donors (Lipinski definition) is 2. The number of carboxylic acid groups (broad SMARTS) is 1. The maximum atomic E-state index is 12.0. The molecule has 33 heavy (non-hydrogen) atoms. The molecule has 0 atom stereocenters. The van der Waals surface area contributed by atoms with Gasteiger partial charge >= 0.3 is 5.97 Å². The Kier molecular flexibility index (Phi) is 5.84. The second-order valence-electron chi connectivity index (χ2n) is 8.02. The Balaban J connectivity index is 1.45. The SMILES string of the molecule is O=C(O)c1cccc(C#Cc2ccc(OC3CCOCC3)cc2)c1-c1ccc2cc[nH]c2c1. The van der Waals surface area contributed by atoms with Crippen LogP contribution in [0.3, 0.4) is 0 Å². The van der Waals surface area contributed by atoms with Crippen molar-refractivity contribution in [1.82, 2.24) is 4.98 Å². The van der Waals surface area contributed by atoms with Gasteiger partial charge in [0.2, 0.25) is 0 Å². The molecule has 164 valence electrons. The minimum atomic E-state index is -0.977. The van der Waals surface area contributed by atoms with E-state index in [1.807, 2.05) is 60.8 Å². The number of fused-ring (bicyclic) bond motifs is 1. The molecule has 1 aliphatic heterocycles. The van der Waals surface area contributed by atoms with Gasteiger partial charge in [0.15, 0.2) is 0 Å². The number of aromatic carboxylic acids is 1. The molecule has 0 unspecified atom stereocenters. The van der Waals surface area contributed by atoms with Gasteiger partial charge in [-0.25, -0.2) is 4.79 Å². The number of hydrogen-bond acceptors (Lipinski definition) is 3. The van der Waals surface area contributed by atoms with Crippen LogP contribution in [0.25, 0.3) is 22.0 Å². The lowest BCUT2D eigenvalue weighted by Gasteiger charge is -2.23. The smallest absolute Gasteiger partial charge is 0.336 e. The second kappa shape index (κ2) is 9.23. The first-order chi connectivity index (χ1) is 16.2. The minimum Gasteiger partial charge on any atom is -0.490 e. The first-order valence-corrected chi connectivity index (χ1v) is 11.0. The van der Waals surface area contributed by atoms with E-state index >= 15 is 0 Å². The van der Waals surface area contributed by atoms with Crippen LogP contribution < -0.4 is 4.74 Å². The summed E-state index contributed by atoms with van der Waals surface area (Å²) in [5, 5.41) is 10.9. The Morgan fingerprint density at radius 3 is 2.61 bits per heavy atom. The zero-order valence-corrected chi connectivity index (χ0v) is 18.0. The zero-order chi connectivity index (χ0) is 22.6. The Morgan fingerprint density at radius 1 is 1.00 bits per heavy atom. The van der Waals surface area contributed by atoms with E-state index in [-0.39, 0.29) is 11.7 Å². The fourth-order valence-electron chi connectivity index (χ4n) is 4.09. The fraction of sp³-hybridized carbons (Fsp3) is 0.179.